The number of carboxylic acids is 1. The molecular weight excluding hydrogens is 418 g/mol. The Morgan fingerprint density at radius 2 is 1.84 bits per heavy atom. The molecular formula is C22H29N3O5S. The highest BCUT2D eigenvalue weighted by atomic mass is 32.2. The third-order valence-corrected chi connectivity index (χ3v) is 7.61. The minimum atomic E-state index is -1.11. The molecule has 31 heavy (non-hydrogen) atoms. The molecule has 1 aromatic rings. The van der Waals surface area contributed by atoms with E-state index in [9.17, 15) is 24.3 Å². The lowest BCUT2D eigenvalue weighted by molar-refractivity contribution is -0.143. The lowest BCUT2D eigenvalue weighted by Crippen LogP contribution is -2.58. The SMILES string of the molecule is CC[C@@H](C)[C@H](NC(=O)[C@H](C)NC(=O)[C@H]1N2C(=O)c3ccccc3[C@H]2SC1(C)C)C(=O)O. The van der Waals surface area contributed by atoms with Gasteiger partial charge in [-0.15, -0.1) is 11.8 Å². The maximum absolute atomic E-state index is 13.2. The summed E-state index contributed by atoms with van der Waals surface area (Å²) in [7, 11) is 0. The number of carboxylic acid groups (broad SMARTS) is 1. The zero-order chi connectivity index (χ0) is 23.1. The molecule has 0 aliphatic carbocycles. The number of nitrogens with one attached hydrogen (secondary N) is 2. The van der Waals surface area contributed by atoms with Gasteiger partial charge in [0.15, 0.2) is 0 Å². The maximum atomic E-state index is 13.2. The second-order valence-corrected chi connectivity index (χ2v) is 10.5. The fourth-order valence-corrected chi connectivity index (χ4v) is 5.71. The fraction of sp³-hybridized carbons (Fsp3) is 0.545. The number of carbonyl (C=O) groups excluding carboxylic acids is 3. The van der Waals surface area contributed by atoms with E-state index in [1.54, 1.807) is 35.7 Å². The van der Waals surface area contributed by atoms with Crippen LogP contribution in [0.15, 0.2) is 24.3 Å². The van der Waals surface area contributed by atoms with Gasteiger partial charge in [0.25, 0.3) is 5.91 Å². The Labute approximate surface area is 186 Å². The van der Waals surface area contributed by atoms with Crippen LogP contribution in [0.5, 0.6) is 0 Å². The molecule has 1 saturated heterocycles. The van der Waals surface area contributed by atoms with Crippen LogP contribution in [0.3, 0.4) is 0 Å². The zero-order valence-electron chi connectivity index (χ0n) is 18.3. The number of carbonyl (C=O) groups is 4. The predicted octanol–water partition coefficient (Wildman–Crippen LogP) is 2.16. The normalized spacial score (nSPS) is 24.0. The van der Waals surface area contributed by atoms with Gasteiger partial charge in [-0.05, 0) is 38.3 Å². The zero-order valence-corrected chi connectivity index (χ0v) is 19.2. The molecule has 3 rings (SSSR count). The van der Waals surface area contributed by atoms with Crippen LogP contribution in [0.25, 0.3) is 0 Å². The van der Waals surface area contributed by atoms with Crippen molar-refractivity contribution < 1.29 is 24.3 Å². The van der Waals surface area contributed by atoms with E-state index in [2.05, 4.69) is 10.6 Å². The molecule has 2 heterocycles. The first-order chi connectivity index (χ1) is 14.5. The minimum absolute atomic E-state index is 0.196. The number of amides is 3. The van der Waals surface area contributed by atoms with Crippen molar-refractivity contribution in [1.29, 1.82) is 0 Å². The number of rotatable bonds is 7. The molecule has 0 unspecified atom stereocenters. The van der Waals surface area contributed by atoms with Crippen LogP contribution in [0.2, 0.25) is 0 Å². The molecule has 8 nitrogen and oxygen atoms in total. The van der Waals surface area contributed by atoms with Crippen molar-refractivity contribution in [2.24, 2.45) is 5.92 Å². The van der Waals surface area contributed by atoms with Crippen LogP contribution in [0.1, 0.15) is 62.3 Å². The van der Waals surface area contributed by atoms with E-state index in [1.807, 2.05) is 32.9 Å². The molecule has 0 aromatic heterocycles. The first-order valence-electron chi connectivity index (χ1n) is 10.4. The summed E-state index contributed by atoms with van der Waals surface area (Å²) in [5.74, 6) is -2.57. The maximum Gasteiger partial charge on any atom is 0.326 e. The van der Waals surface area contributed by atoms with Crippen LogP contribution < -0.4 is 10.6 Å². The highest BCUT2D eigenvalue weighted by Crippen LogP contribution is 2.56. The van der Waals surface area contributed by atoms with E-state index in [0.717, 1.165) is 5.56 Å². The van der Waals surface area contributed by atoms with E-state index in [-0.39, 0.29) is 17.2 Å². The van der Waals surface area contributed by atoms with Gasteiger partial charge in [0.2, 0.25) is 11.8 Å². The van der Waals surface area contributed by atoms with Crippen LogP contribution in [-0.2, 0) is 14.4 Å². The second-order valence-electron chi connectivity index (χ2n) is 8.72. The molecule has 168 valence electrons. The Balaban J connectivity index is 1.74. The van der Waals surface area contributed by atoms with Crippen molar-refractivity contribution >= 4 is 35.5 Å². The number of benzene rings is 1. The Morgan fingerprint density at radius 3 is 2.45 bits per heavy atom. The Morgan fingerprint density at radius 1 is 1.19 bits per heavy atom. The Bertz CT molecular complexity index is 918. The van der Waals surface area contributed by atoms with Crippen molar-refractivity contribution in [3.8, 4) is 0 Å². The molecule has 0 bridgehead atoms. The quantitative estimate of drug-likeness (QED) is 0.590. The smallest absolute Gasteiger partial charge is 0.326 e. The third kappa shape index (κ3) is 4.15. The summed E-state index contributed by atoms with van der Waals surface area (Å²) in [6, 6.07) is 4.59. The first kappa shape index (κ1) is 23.1. The average Bonchev–Trinajstić information content (AvgIpc) is 3.14. The molecule has 0 radical (unpaired) electrons. The molecule has 5 atom stereocenters. The molecule has 2 aliphatic heterocycles. The van der Waals surface area contributed by atoms with Crippen LogP contribution in [0, 0.1) is 5.92 Å². The van der Waals surface area contributed by atoms with Gasteiger partial charge in [-0.25, -0.2) is 4.79 Å². The summed E-state index contributed by atoms with van der Waals surface area (Å²) in [6.07, 6.45) is 0.588. The molecule has 2 aliphatic rings. The summed E-state index contributed by atoms with van der Waals surface area (Å²) < 4.78 is -0.561. The van der Waals surface area contributed by atoms with Gasteiger partial charge in [0.1, 0.15) is 23.5 Å². The summed E-state index contributed by atoms with van der Waals surface area (Å²) in [4.78, 5) is 51.9. The van der Waals surface area contributed by atoms with Crippen molar-refractivity contribution in [2.75, 3.05) is 0 Å². The van der Waals surface area contributed by atoms with E-state index >= 15 is 0 Å². The number of aliphatic carboxylic acids is 1. The molecule has 0 saturated carbocycles. The molecule has 3 N–H and O–H groups in total. The van der Waals surface area contributed by atoms with Crippen LogP contribution in [0.4, 0.5) is 0 Å². The summed E-state index contributed by atoms with van der Waals surface area (Å²) in [5, 5.41) is 14.3. The Hall–Kier alpha value is -2.55. The number of hydrogen-bond acceptors (Lipinski definition) is 5. The fourth-order valence-electron chi connectivity index (χ4n) is 4.12. The molecule has 3 amide bonds. The Kier molecular flexibility index (Phi) is 6.36. The number of thioether (sulfide) groups is 1. The second kappa shape index (κ2) is 8.53. The number of hydrogen-bond donors (Lipinski definition) is 3. The summed E-state index contributed by atoms with van der Waals surface area (Å²) in [6.45, 7) is 8.92. The topological polar surface area (TPSA) is 116 Å². The standard InChI is InChI=1S/C22H29N3O5S/c1-6-11(2)15(21(29)30)24-17(26)12(3)23-18(27)16-22(4,5)31-20-14-10-8-7-9-13(14)19(28)25(16)20/h7-12,15-16,20H,6H2,1-5H3,(H,23,27)(H,24,26)(H,29,30)/t11-,12+,15+,16-,20-/m1/s1. The molecule has 1 fully saturated rings. The van der Waals surface area contributed by atoms with Crippen molar-refractivity contribution in [2.45, 2.75) is 69.3 Å². The number of nitrogens with zero attached hydrogens (tertiary/aromatic N) is 1. The van der Waals surface area contributed by atoms with Gasteiger partial charge in [0.05, 0.1) is 0 Å². The largest absolute Gasteiger partial charge is 0.480 e. The van der Waals surface area contributed by atoms with Crippen molar-refractivity contribution in [3.05, 3.63) is 35.4 Å². The van der Waals surface area contributed by atoms with E-state index in [4.69, 9.17) is 0 Å². The van der Waals surface area contributed by atoms with Crippen LogP contribution >= 0.6 is 11.8 Å². The van der Waals surface area contributed by atoms with E-state index < -0.39 is 40.7 Å². The summed E-state index contributed by atoms with van der Waals surface area (Å²) >= 11 is 1.54. The third-order valence-electron chi connectivity index (χ3n) is 6.07. The van der Waals surface area contributed by atoms with Gasteiger partial charge in [-0.3, -0.25) is 14.4 Å². The lowest BCUT2D eigenvalue weighted by Gasteiger charge is -2.31. The molecule has 9 heteroatoms. The number of fused-ring (bicyclic) bond motifs is 3. The molecule has 0 spiro atoms. The molecule has 1 aromatic carbocycles. The van der Waals surface area contributed by atoms with Gasteiger partial charge < -0.3 is 20.6 Å². The van der Waals surface area contributed by atoms with Crippen LogP contribution in [-0.4, -0.2) is 56.6 Å². The minimum Gasteiger partial charge on any atom is -0.480 e. The predicted molar refractivity (Wildman–Crippen MR) is 117 cm³/mol. The highest BCUT2D eigenvalue weighted by molar-refractivity contribution is 8.01. The first-order valence-corrected chi connectivity index (χ1v) is 11.3. The van der Waals surface area contributed by atoms with Gasteiger partial charge in [0, 0.05) is 10.3 Å². The lowest BCUT2D eigenvalue weighted by atomic mass is 9.98. The average molecular weight is 448 g/mol. The summed E-state index contributed by atoms with van der Waals surface area (Å²) in [5.41, 5.74) is 1.49. The van der Waals surface area contributed by atoms with E-state index in [0.29, 0.717) is 12.0 Å². The monoisotopic (exact) mass is 447 g/mol. The van der Waals surface area contributed by atoms with Crippen molar-refractivity contribution in [3.63, 3.8) is 0 Å². The van der Waals surface area contributed by atoms with Gasteiger partial charge >= 0.3 is 5.97 Å². The van der Waals surface area contributed by atoms with Gasteiger partial charge in [-0.1, -0.05) is 38.5 Å². The van der Waals surface area contributed by atoms with E-state index in [1.165, 1.54) is 6.92 Å². The highest BCUT2D eigenvalue weighted by Gasteiger charge is 2.57. The van der Waals surface area contributed by atoms with Gasteiger partial charge in [-0.2, -0.15) is 0 Å². The van der Waals surface area contributed by atoms with Crippen molar-refractivity contribution in [1.82, 2.24) is 15.5 Å².